The van der Waals surface area contributed by atoms with E-state index in [9.17, 15) is 37.1 Å². The smallest absolute Gasteiger partial charge is 0.391 e. The molecule has 2 atom stereocenters. The largest absolute Gasteiger partial charge is 0.408 e. The fourth-order valence-electron chi connectivity index (χ4n) is 4.28. The summed E-state index contributed by atoms with van der Waals surface area (Å²) in [5, 5.41) is 11.3. The molecular formula is C23H18ClF4N5O4. The Kier molecular flexibility index (Phi) is 6.15. The van der Waals surface area contributed by atoms with Crippen LogP contribution in [0.2, 0.25) is 5.02 Å². The monoisotopic (exact) mass is 539 g/mol. The van der Waals surface area contributed by atoms with Crippen molar-refractivity contribution < 1.29 is 32.3 Å². The number of carbonyl (C=O) groups excluding carboxylic acids is 2. The number of halogens is 5. The van der Waals surface area contributed by atoms with E-state index in [1.807, 2.05) is 5.32 Å². The number of amides is 2. The van der Waals surface area contributed by atoms with Crippen LogP contribution in [-0.2, 0) is 4.79 Å². The van der Waals surface area contributed by atoms with Gasteiger partial charge in [-0.2, -0.15) is 13.2 Å². The van der Waals surface area contributed by atoms with Crippen molar-refractivity contribution >= 4 is 40.3 Å². The van der Waals surface area contributed by atoms with Crippen molar-refractivity contribution in [1.82, 2.24) is 19.9 Å². The lowest BCUT2D eigenvalue weighted by Crippen LogP contribution is -2.48. The Balaban J connectivity index is 1.67. The molecule has 3 aromatic heterocycles. The standard InChI is InChI=1S/C23H18ClF4N5O4/c24-15-5-11(25)7-29-21(15)33-9-14(22(37)31-19(10-1-2-10)23(26,27)28)18(36)13-3-4-16(30-20(13)33)32-8-12(34)6-17(32)35/h3-5,7,9-10,12,19,34H,1-2,6,8H2,(H,31,37)/t12-,19?/m0/s1. The molecule has 1 aliphatic carbocycles. The minimum Gasteiger partial charge on any atom is -0.391 e. The number of nitrogens with zero attached hydrogens (tertiary/aromatic N) is 4. The maximum Gasteiger partial charge on any atom is 0.408 e. The van der Waals surface area contributed by atoms with Gasteiger partial charge in [0.2, 0.25) is 11.3 Å². The molecule has 2 N–H and O–H groups in total. The number of pyridine rings is 3. The lowest BCUT2D eigenvalue weighted by Gasteiger charge is -2.22. The second-order valence-electron chi connectivity index (χ2n) is 8.93. The Morgan fingerprint density at radius 2 is 1.97 bits per heavy atom. The number of hydrogen-bond donors (Lipinski definition) is 2. The molecule has 14 heteroatoms. The molecule has 1 saturated heterocycles. The maximum atomic E-state index is 13.7. The Bertz CT molecular complexity index is 1490. The number of carbonyl (C=O) groups is 2. The van der Waals surface area contributed by atoms with Crippen LogP contribution in [-0.4, -0.2) is 56.3 Å². The number of alkyl halides is 3. The van der Waals surface area contributed by atoms with Gasteiger partial charge in [0.25, 0.3) is 5.91 Å². The van der Waals surface area contributed by atoms with E-state index in [2.05, 4.69) is 9.97 Å². The summed E-state index contributed by atoms with van der Waals surface area (Å²) in [5.74, 6) is -3.31. The predicted molar refractivity (Wildman–Crippen MR) is 123 cm³/mol. The summed E-state index contributed by atoms with van der Waals surface area (Å²) in [4.78, 5) is 47.9. The summed E-state index contributed by atoms with van der Waals surface area (Å²) in [6, 6.07) is 1.37. The molecule has 2 fully saturated rings. The highest BCUT2D eigenvalue weighted by molar-refractivity contribution is 6.32. The zero-order chi connectivity index (χ0) is 26.6. The predicted octanol–water partition coefficient (Wildman–Crippen LogP) is 2.74. The molecular weight excluding hydrogens is 522 g/mol. The lowest BCUT2D eigenvalue weighted by molar-refractivity contribution is -0.158. The molecule has 9 nitrogen and oxygen atoms in total. The van der Waals surface area contributed by atoms with E-state index >= 15 is 0 Å². The normalized spacial score (nSPS) is 18.9. The summed E-state index contributed by atoms with van der Waals surface area (Å²) in [6.07, 6.45) is -3.42. The van der Waals surface area contributed by atoms with Crippen molar-refractivity contribution in [2.24, 2.45) is 5.92 Å². The molecule has 3 aromatic rings. The molecule has 1 unspecified atom stereocenters. The Labute approximate surface area is 210 Å². The zero-order valence-electron chi connectivity index (χ0n) is 18.8. The number of nitrogens with one attached hydrogen (secondary N) is 1. The lowest BCUT2D eigenvalue weighted by atomic mass is 10.1. The van der Waals surface area contributed by atoms with Crippen LogP contribution in [0.15, 0.2) is 35.4 Å². The molecule has 0 bridgehead atoms. The van der Waals surface area contributed by atoms with Crippen LogP contribution in [0.3, 0.4) is 0 Å². The second kappa shape index (κ2) is 9.06. The van der Waals surface area contributed by atoms with Crippen LogP contribution in [0, 0.1) is 11.7 Å². The van der Waals surface area contributed by atoms with Gasteiger partial charge in [-0.1, -0.05) is 11.6 Å². The highest BCUT2D eigenvalue weighted by atomic mass is 35.5. The van der Waals surface area contributed by atoms with Gasteiger partial charge in [0.15, 0.2) is 11.5 Å². The van der Waals surface area contributed by atoms with Crippen LogP contribution in [0.25, 0.3) is 16.9 Å². The summed E-state index contributed by atoms with van der Waals surface area (Å²) >= 11 is 6.16. The number of β-amino-alcohol motifs (C(OH)–C–C–N with tert-alkyl or cyclic N) is 1. The van der Waals surface area contributed by atoms with Gasteiger partial charge in [-0.3, -0.25) is 23.9 Å². The molecule has 37 heavy (non-hydrogen) atoms. The maximum absolute atomic E-state index is 13.7. The molecule has 0 radical (unpaired) electrons. The quantitative estimate of drug-likeness (QED) is 0.482. The van der Waals surface area contributed by atoms with E-state index in [4.69, 9.17) is 11.6 Å². The highest BCUT2D eigenvalue weighted by Gasteiger charge is 2.50. The van der Waals surface area contributed by atoms with Gasteiger partial charge >= 0.3 is 6.18 Å². The minimum absolute atomic E-state index is 0.0440. The third-order valence-electron chi connectivity index (χ3n) is 6.21. The first-order chi connectivity index (χ1) is 17.4. The van der Waals surface area contributed by atoms with E-state index in [1.54, 1.807) is 0 Å². The van der Waals surface area contributed by atoms with Gasteiger partial charge in [-0.05, 0) is 37.0 Å². The first-order valence-electron chi connectivity index (χ1n) is 11.2. The van der Waals surface area contributed by atoms with Gasteiger partial charge in [0.1, 0.15) is 23.2 Å². The molecule has 194 valence electrons. The molecule has 0 aromatic carbocycles. The molecule has 1 saturated carbocycles. The van der Waals surface area contributed by atoms with Crippen molar-refractivity contribution in [1.29, 1.82) is 0 Å². The highest BCUT2D eigenvalue weighted by Crippen LogP contribution is 2.40. The average Bonchev–Trinajstić information content (AvgIpc) is 3.60. The Morgan fingerprint density at radius 1 is 1.24 bits per heavy atom. The average molecular weight is 540 g/mol. The zero-order valence-corrected chi connectivity index (χ0v) is 19.6. The number of aromatic nitrogens is 3. The number of aliphatic hydroxyl groups excluding tert-OH is 1. The SMILES string of the molecule is O=C(NC(C1CC1)C(F)(F)F)c1cn(-c2ncc(F)cc2Cl)c2nc(N3C[C@@H](O)CC3=O)ccc2c1=O. The Morgan fingerprint density at radius 3 is 2.57 bits per heavy atom. The number of anilines is 1. The fraction of sp³-hybridized carbons (Fsp3) is 0.348. The summed E-state index contributed by atoms with van der Waals surface area (Å²) < 4.78 is 55.3. The van der Waals surface area contributed by atoms with Crippen molar-refractivity contribution in [3.8, 4) is 5.82 Å². The van der Waals surface area contributed by atoms with E-state index in [0.29, 0.717) is 0 Å². The summed E-state index contributed by atoms with van der Waals surface area (Å²) in [5.41, 5.74) is -1.68. The van der Waals surface area contributed by atoms with Gasteiger partial charge in [0, 0.05) is 6.20 Å². The van der Waals surface area contributed by atoms with E-state index in [-0.39, 0.29) is 53.5 Å². The van der Waals surface area contributed by atoms with Gasteiger partial charge in [0.05, 0.1) is 35.7 Å². The van der Waals surface area contributed by atoms with Crippen molar-refractivity contribution in [2.75, 3.05) is 11.4 Å². The van der Waals surface area contributed by atoms with Crippen LogP contribution >= 0.6 is 11.6 Å². The van der Waals surface area contributed by atoms with Crippen LogP contribution in [0.5, 0.6) is 0 Å². The number of hydrogen-bond acceptors (Lipinski definition) is 6. The second-order valence-corrected chi connectivity index (χ2v) is 9.34. The Hall–Kier alpha value is -3.58. The molecule has 1 aliphatic heterocycles. The summed E-state index contributed by atoms with van der Waals surface area (Å²) in [6.45, 7) is -0.0440. The van der Waals surface area contributed by atoms with Crippen LogP contribution in [0.1, 0.15) is 29.6 Å². The first-order valence-corrected chi connectivity index (χ1v) is 11.6. The molecule has 2 aliphatic rings. The number of rotatable bonds is 5. The fourth-order valence-corrected chi connectivity index (χ4v) is 4.52. The number of fused-ring (bicyclic) bond motifs is 1. The minimum atomic E-state index is -4.71. The van der Waals surface area contributed by atoms with Crippen molar-refractivity contribution in [3.05, 3.63) is 57.2 Å². The van der Waals surface area contributed by atoms with Gasteiger partial charge < -0.3 is 10.4 Å². The molecule has 0 spiro atoms. The van der Waals surface area contributed by atoms with Crippen LogP contribution < -0.4 is 15.6 Å². The van der Waals surface area contributed by atoms with E-state index < -0.39 is 52.9 Å². The van der Waals surface area contributed by atoms with E-state index in [0.717, 1.165) is 23.0 Å². The van der Waals surface area contributed by atoms with Gasteiger partial charge in [-0.25, -0.2) is 14.4 Å². The third kappa shape index (κ3) is 4.76. The molecule has 4 heterocycles. The molecule has 2 amide bonds. The molecule has 5 rings (SSSR count). The van der Waals surface area contributed by atoms with Crippen molar-refractivity contribution in [2.45, 2.75) is 37.6 Å². The first kappa shape index (κ1) is 25.1. The summed E-state index contributed by atoms with van der Waals surface area (Å²) in [7, 11) is 0. The topological polar surface area (TPSA) is 117 Å². The third-order valence-corrected chi connectivity index (χ3v) is 6.49. The number of aliphatic hydroxyl groups is 1. The van der Waals surface area contributed by atoms with E-state index in [1.165, 1.54) is 17.0 Å². The van der Waals surface area contributed by atoms with Crippen molar-refractivity contribution in [3.63, 3.8) is 0 Å². The van der Waals surface area contributed by atoms with Crippen LogP contribution in [0.4, 0.5) is 23.4 Å². The van der Waals surface area contributed by atoms with Gasteiger partial charge in [-0.15, -0.1) is 0 Å².